The molecule has 112 valence electrons. The molecule has 0 aromatic heterocycles. The Morgan fingerprint density at radius 1 is 1.30 bits per heavy atom. The Kier molecular flexibility index (Phi) is 5.61. The molecule has 1 fully saturated rings. The fraction of sp³-hybridized carbons (Fsp3) is 0.625. The van der Waals surface area contributed by atoms with E-state index in [9.17, 15) is 8.42 Å². The van der Waals surface area contributed by atoms with E-state index in [1.165, 1.54) is 5.56 Å². The molecular formula is C16H25NO2S. The van der Waals surface area contributed by atoms with Crippen molar-refractivity contribution in [3.05, 3.63) is 35.9 Å². The van der Waals surface area contributed by atoms with Gasteiger partial charge in [-0.2, -0.15) is 0 Å². The van der Waals surface area contributed by atoms with Crippen molar-refractivity contribution >= 4 is 9.84 Å². The van der Waals surface area contributed by atoms with Crippen molar-refractivity contribution in [3.8, 4) is 0 Å². The SMILES string of the molecule is CCCNC(Cc1ccccc1)CC1CCS(=O)(=O)C1. The maximum absolute atomic E-state index is 11.6. The maximum atomic E-state index is 11.6. The van der Waals surface area contributed by atoms with E-state index in [4.69, 9.17) is 0 Å². The fourth-order valence-electron chi connectivity index (χ4n) is 2.95. The van der Waals surface area contributed by atoms with Crippen LogP contribution in [0.5, 0.6) is 0 Å². The molecule has 1 saturated heterocycles. The van der Waals surface area contributed by atoms with Gasteiger partial charge in [0.15, 0.2) is 9.84 Å². The second-order valence-corrected chi connectivity index (χ2v) is 8.07. The van der Waals surface area contributed by atoms with Crippen LogP contribution in [0.1, 0.15) is 31.7 Å². The molecule has 0 saturated carbocycles. The third-order valence-corrected chi connectivity index (χ3v) is 5.79. The number of rotatable bonds is 7. The topological polar surface area (TPSA) is 46.2 Å². The van der Waals surface area contributed by atoms with E-state index in [1.54, 1.807) is 0 Å². The van der Waals surface area contributed by atoms with Gasteiger partial charge in [0.25, 0.3) is 0 Å². The predicted octanol–water partition coefficient (Wildman–Crippen LogP) is 2.42. The van der Waals surface area contributed by atoms with Gasteiger partial charge in [-0.1, -0.05) is 37.3 Å². The molecule has 1 aliphatic heterocycles. The molecule has 2 rings (SSSR count). The van der Waals surface area contributed by atoms with Crippen LogP contribution in [0.2, 0.25) is 0 Å². The van der Waals surface area contributed by atoms with Crippen molar-refractivity contribution < 1.29 is 8.42 Å². The number of hydrogen-bond donors (Lipinski definition) is 1. The molecule has 0 amide bonds. The number of nitrogens with one attached hydrogen (secondary N) is 1. The first-order valence-corrected chi connectivity index (χ1v) is 9.39. The van der Waals surface area contributed by atoms with Crippen LogP contribution < -0.4 is 5.32 Å². The highest BCUT2D eigenvalue weighted by atomic mass is 32.2. The van der Waals surface area contributed by atoms with Gasteiger partial charge in [-0.3, -0.25) is 0 Å². The molecule has 1 N–H and O–H groups in total. The zero-order chi connectivity index (χ0) is 14.4. The molecule has 0 aliphatic carbocycles. The van der Waals surface area contributed by atoms with Crippen molar-refractivity contribution in [1.29, 1.82) is 0 Å². The standard InChI is InChI=1S/C16H25NO2S/c1-2-9-17-16(11-14-6-4-3-5-7-14)12-15-8-10-20(18,19)13-15/h3-7,15-17H,2,8-13H2,1H3. The lowest BCUT2D eigenvalue weighted by Gasteiger charge is -2.21. The van der Waals surface area contributed by atoms with Crippen molar-refractivity contribution in [1.82, 2.24) is 5.32 Å². The monoisotopic (exact) mass is 295 g/mol. The van der Waals surface area contributed by atoms with Crippen LogP contribution >= 0.6 is 0 Å². The molecule has 1 aliphatic rings. The highest BCUT2D eigenvalue weighted by Crippen LogP contribution is 2.24. The summed E-state index contributed by atoms with van der Waals surface area (Å²) in [4.78, 5) is 0. The minimum Gasteiger partial charge on any atom is -0.314 e. The number of sulfone groups is 1. The van der Waals surface area contributed by atoms with Crippen molar-refractivity contribution in [2.45, 2.75) is 38.6 Å². The second-order valence-electron chi connectivity index (χ2n) is 5.85. The maximum Gasteiger partial charge on any atom is 0.150 e. The molecule has 1 aromatic rings. The van der Waals surface area contributed by atoms with E-state index >= 15 is 0 Å². The van der Waals surface area contributed by atoms with Crippen molar-refractivity contribution in [3.63, 3.8) is 0 Å². The fourth-order valence-corrected chi connectivity index (χ4v) is 4.83. The highest BCUT2D eigenvalue weighted by molar-refractivity contribution is 7.91. The molecule has 0 bridgehead atoms. The summed E-state index contributed by atoms with van der Waals surface area (Å²) in [6.07, 6.45) is 3.89. The Hall–Kier alpha value is -0.870. The van der Waals surface area contributed by atoms with Gasteiger partial charge in [-0.25, -0.2) is 8.42 Å². The van der Waals surface area contributed by atoms with E-state index in [0.717, 1.165) is 32.2 Å². The van der Waals surface area contributed by atoms with Crippen LogP contribution in [-0.4, -0.2) is 32.5 Å². The highest BCUT2D eigenvalue weighted by Gasteiger charge is 2.29. The zero-order valence-electron chi connectivity index (χ0n) is 12.2. The smallest absolute Gasteiger partial charge is 0.150 e. The summed E-state index contributed by atoms with van der Waals surface area (Å²) in [7, 11) is -2.76. The van der Waals surface area contributed by atoms with Crippen LogP contribution in [0.15, 0.2) is 30.3 Å². The van der Waals surface area contributed by atoms with Gasteiger partial charge in [0.1, 0.15) is 0 Å². The summed E-state index contributed by atoms with van der Waals surface area (Å²) < 4.78 is 23.1. The lowest BCUT2D eigenvalue weighted by molar-refractivity contribution is 0.403. The van der Waals surface area contributed by atoms with Gasteiger partial charge < -0.3 is 5.32 Å². The molecule has 3 nitrogen and oxygen atoms in total. The predicted molar refractivity (Wildman–Crippen MR) is 83.6 cm³/mol. The molecule has 2 unspecified atom stereocenters. The first kappa shape index (κ1) is 15.5. The Bertz CT molecular complexity index is 498. The minimum atomic E-state index is -2.76. The van der Waals surface area contributed by atoms with Crippen LogP contribution in [0.4, 0.5) is 0 Å². The summed E-state index contributed by atoms with van der Waals surface area (Å²) in [6.45, 7) is 3.16. The minimum absolute atomic E-state index is 0.332. The van der Waals surface area contributed by atoms with Gasteiger partial charge in [0, 0.05) is 6.04 Å². The van der Waals surface area contributed by atoms with E-state index in [0.29, 0.717) is 23.5 Å². The molecular weight excluding hydrogens is 270 g/mol. The lowest BCUT2D eigenvalue weighted by Crippen LogP contribution is -2.34. The Balaban J connectivity index is 1.93. The van der Waals surface area contributed by atoms with E-state index in [2.05, 4.69) is 36.5 Å². The summed E-state index contributed by atoms with van der Waals surface area (Å²) in [6, 6.07) is 10.8. The van der Waals surface area contributed by atoms with Crippen molar-refractivity contribution in [2.24, 2.45) is 5.92 Å². The van der Waals surface area contributed by atoms with E-state index in [1.807, 2.05) is 6.07 Å². The Morgan fingerprint density at radius 3 is 2.65 bits per heavy atom. The molecule has 1 aromatic carbocycles. The van der Waals surface area contributed by atoms with Gasteiger partial charge >= 0.3 is 0 Å². The van der Waals surface area contributed by atoms with E-state index in [-0.39, 0.29) is 0 Å². The third kappa shape index (κ3) is 4.91. The summed E-state index contributed by atoms with van der Waals surface area (Å²) in [5.41, 5.74) is 1.32. The molecule has 1 heterocycles. The molecule has 4 heteroatoms. The van der Waals surface area contributed by atoms with Gasteiger partial charge in [-0.05, 0) is 43.7 Å². The summed E-state index contributed by atoms with van der Waals surface area (Å²) in [5, 5.41) is 3.58. The normalized spacial score (nSPS) is 22.8. The van der Waals surface area contributed by atoms with Crippen LogP contribution in [0.25, 0.3) is 0 Å². The van der Waals surface area contributed by atoms with Crippen LogP contribution in [0, 0.1) is 5.92 Å². The zero-order valence-corrected chi connectivity index (χ0v) is 13.0. The quantitative estimate of drug-likeness (QED) is 0.840. The van der Waals surface area contributed by atoms with Crippen molar-refractivity contribution in [2.75, 3.05) is 18.1 Å². The lowest BCUT2D eigenvalue weighted by atomic mass is 9.94. The average molecular weight is 295 g/mol. The first-order chi connectivity index (χ1) is 9.59. The third-order valence-electron chi connectivity index (χ3n) is 3.95. The van der Waals surface area contributed by atoms with Crippen LogP contribution in [-0.2, 0) is 16.3 Å². The Labute approximate surface area is 122 Å². The van der Waals surface area contributed by atoms with Crippen LogP contribution in [0.3, 0.4) is 0 Å². The number of benzene rings is 1. The number of hydrogen-bond acceptors (Lipinski definition) is 3. The summed E-state index contributed by atoms with van der Waals surface area (Å²) >= 11 is 0. The van der Waals surface area contributed by atoms with Gasteiger partial charge in [-0.15, -0.1) is 0 Å². The van der Waals surface area contributed by atoms with E-state index < -0.39 is 9.84 Å². The largest absolute Gasteiger partial charge is 0.314 e. The Morgan fingerprint density at radius 2 is 2.05 bits per heavy atom. The van der Waals surface area contributed by atoms with Gasteiger partial charge in [0.05, 0.1) is 11.5 Å². The molecule has 0 radical (unpaired) electrons. The molecule has 20 heavy (non-hydrogen) atoms. The first-order valence-electron chi connectivity index (χ1n) is 7.57. The molecule has 0 spiro atoms. The van der Waals surface area contributed by atoms with Gasteiger partial charge in [0.2, 0.25) is 0 Å². The second kappa shape index (κ2) is 7.23. The average Bonchev–Trinajstić information content (AvgIpc) is 2.76. The molecule has 2 atom stereocenters. The summed E-state index contributed by atoms with van der Waals surface area (Å²) in [5.74, 6) is 1.09.